The van der Waals surface area contributed by atoms with Crippen LogP contribution in [0.15, 0.2) is 42.4 Å². The molecule has 1 aromatic carbocycles. The van der Waals surface area contributed by atoms with Crippen LogP contribution in [0.1, 0.15) is 62.5 Å². The summed E-state index contributed by atoms with van der Waals surface area (Å²) in [6, 6.07) is 6.88. The summed E-state index contributed by atoms with van der Waals surface area (Å²) in [5, 5.41) is 4.48. The lowest BCUT2D eigenvalue weighted by atomic mass is 10.0. The molecule has 0 spiro atoms. The molecule has 2 aromatic rings. The molecule has 160 valence electrons. The lowest BCUT2D eigenvalue weighted by molar-refractivity contribution is 0.0653. The topological polar surface area (TPSA) is 75.5 Å². The van der Waals surface area contributed by atoms with E-state index in [1.165, 1.54) is 4.68 Å². The highest BCUT2D eigenvalue weighted by atomic mass is 19.1. The van der Waals surface area contributed by atoms with Gasteiger partial charge in [0.15, 0.2) is 0 Å². The number of nitrogens with zero attached hydrogens (tertiary/aromatic N) is 4. The van der Waals surface area contributed by atoms with Gasteiger partial charge in [-0.1, -0.05) is 25.0 Å². The summed E-state index contributed by atoms with van der Waals surface area (Å²) in [4.78, 5) is 41.1. The molecule has 3 heterocycles. The van der Waals surface area contributed by atoms with Crippen molar-refractivity contribution in [1.29, 1.82) is 0 Å². The van der Waals surface area contributed by atoms with E-state index in [2.05, 4.69) is 5.10 Å². The Morgan fingerprint density at radius 2 is 1.68 bits per heavy atom. The average molecular weight is 422 g/mol. The van der Waals surface area contributed by atoms with E-state index in [9.17, 15) is 18.8 Å². The predicted octanol–water partition coefficient (Wildman–Crippen LogP) is 2.97. The van der Waals surface area contributed by atoms with Gasteiger partial charge in [0.1, 0.15) is 0 Å². The van der Waals surface area contributed by atoms with Crippen LogP contribution in [0.3, 0.4) is 0 Å². The third-order valence-electron chi connectivity index (χ3n) is 6.44. The Bertz CT molecular complexity index is 1060. The van der Waals surface area contributed by atoms with E-state index >= 15 is 0 Å². The minimum atomic E-state index is -0.429. The van der Waals surface area contributed by atoms with E-state index < -0.39 is 11.8 Å². The van der Waals surface area contributed by atoms with Gasteiger partial charge in [-0.3, -0.25) is 24.0 Å². The molecule has 2 aliphatic heterocycles. The molecule has 1 fully saturated rings. The Balaban J connectivity index is 1.30. The smallest absolute Gasteiger partial charge is 0.261 e. The number of rotatable bonds is 5. The van der Waals surface area contributed by atoms with Crippen molar-refractivity contribution in [1.82, 2.24) is 19.6 Å². The largest absolute Gasteiger partial charge is 0.335 e. The molecule has 1 aromatic heterocycles. The minimum absolute atomic E-state index is 0.00877. The molecule has 1 aliphatic carbocycles. The van der Waals surface area contributed by atoms with Crippen LogP contribution in [0, 0.1) is 0 Å². The van der Waals surface area contributed by atoms with Gasteiger partial charge < -0.3 is 4.90 Å². The number of amides is 3. The van der Waals surface area contributed by atoms with Gasteiger partial charge in [0.2, 0.25) is 0 Å². The molecule has 0 N–H and O–H groups in total. The molecule has 8 heteroatoms. The standard InChI is InChI=1S/C23H23FN4O3/c24-11-15(13-28-21(29)17-7-3-4-8-18(17)22(28)30)12-26-14-19-20(25-26)9-10-27(23(19)31)16-5-1-2-6-16/h3-4,7-8,11,14,16H,1-2,5-6,9-10,12-13H2/b15-11-. The number of aromatic nitrogens is 2. The van der Waals surface area contributed by atoms with Crippen LogP contribution in [0.25, 0.3) is 0 Å². The zero-order valence-corrected chi connectivity index (χ0v) is 17.1. The number of hydrogen-bond donors (Lipinski definition) is 0. The van der Waals surface area contributed by atoms with Crippen LogP contribution in [-0.2, 0) is 13.0 Å². The van der Waals surface area contributed by atoms with E-state index in [0.717, 1.165) is 36.3 Å². The highest BCUT2D eigenvalue weighted by molar-refractivity contribution is 6.21. The molecule has 7 nitrogen and oxygen atoms in total. The van der Waals surface area contributed by atoms with E-state index in [0.29, 0.717) is 42.0 Å². The summed E-state index contributed by atoms with van der Waals surface area (Å²) in [6.07, 6.45) is 7.15. The third kappa shape index (κ3) is 3.36. The molecule has 1 saturated carbocycles. The van der Waals surface area contributed by atoms with Gasteiger partial charge >= 0.3 is 0 Å². The number of imide groups is 1. The molecule has 3 amide bonds. The van der Waals surface area contributed by atoms with Crippen LogP contribution in [0.2, 0.25) is 0 Å². The van der Waals surface area contributed by atoms with Crippen molar-refractivity contribution in [2.75, 3.05) is 13.1 Å². The highest BCUT2D eigenvalue weighted by Crippen LogP contribution is 2.29. The van der Waals surface area contributed by atoms with Crippen molar-refractivity contribution in [2.24, 2.45) is 0 Å². The molecule has 0 atom stereocenters. The van der Waals surface area contributed by atoms with Crippen LogP contribution < -0.4 is 0 Å². The van der Waals surface area contributed by atoms with Crippen LogP contribution in [0.5, 0.6) is 0 Å². The molecule has 5 rings (SSSR count). The zero-order chi connectivity index (χ0) is 21.5. The molecular weight excluding hydrogens is 399 g/mol. The van der Waals surface area contributed by atoms with Crippen LogP contribution in [0.4, 0.5) is 4.39 Å². The van der Waals surface area contributed by atoms with Gasteiger partial charge in [-0.2, -0.15) is 5.10 Å². The summed E-state index contributed by atoms with van der Waals surface area (Å²) >= 11 is 0. The normalized spacial score (nSPS) is 19.4. The SMILES string of the molecule is O=C1c2ccccc2C(=O)N1C/C(=C\F)Cn1cc2c(n1)CCN(C1CCCC1)C2=O. The fourth-order valence-corrected chi connectivity index (χ4v) is 4.87. The molecule has 0 saturated heterocycles. The summed E-state index contributed by atoms with van der Waals surface area (Å²) in [5.74, 6) is -0.866. The van der Waals surface area contributed by atoms with Crippen molar-refractivity contribution >= 4 is 17.7 Å². The number of fused-ring (bicyclic) bond motifs is 2. The number of hydrogen-bond acceptors (Lipinski definition) is 4. The van der Waals surface area contributed by atoms with Crippen molar-refractivity contribution in [3.05, 3.63) is 64.7 Å². The number of benzene rings is 1. The first-order valence-electron chi connectivity index (χ1n) is 10.7. The summed E-state index contributed by atoms with van der Waals surface area (Å²) in [6.45, 7) is 0.567. The quantitative estimate of drug-likeness (QED) is 0.695. The molecule has 0 radical (unpaired) electrons. The molecule has 0 unspecified atom stereocenters. The molecule has 31 heavy (non-hydrogen) atoms. The third-order valence-corrected chi connectivity index (χ3v) is 6.44. The number of halogens is 1. The summed E-state index contributed by atoms with van der Waals surface area (Å²) in [5.41, 5.74) is 2.18. The summed E-state index contributed by atoms with van der Waals surface area (Å²) in [7, 11) is 0. The maximum atomic E-state index is 13.7. The van der Waals surface area contributed by atoms with E-state index in [-0.39, 0.29) is 24.6 Å². The molecule has 3 aliphatic rings. The van der Waals surface area contributed by atoms with E-state index in [4.69, 9.17) is 0 Å². The fourth-order valence-electron chi connectivity index (χ4n) is 4.87. The maximum Gasteiger partial charge on any atom is 0.261 e. The van der Waals surface area contributed by atoms with Crippen molar-refractivity contribution in [2.45, 2.75) is 44.7 Å². The van der Waals surface area contributed by atoms with Gasteiger partial charge in [0.25, 0.3) is 17.7 Å². The van der Waals surface area contributed by atoms with E-state index in [1.807, 2.05) is 4.90 Å². The Morgan fingerprint density at radius 1 is 1.00 bits per heavy atom. The first-order chi connectivity index (χ1) is 15.1. The van der Waals surface area contributed by atoms with Gasteiger partial charge in [0.05, 0.1) is 41.8 Å². The van der Waals surface area contributed by atoms with Gasteiger partial charge in [-0.05, 0) is 30.5 Å². The maximum absolute atomic E-state index is 13.7. The summed E-state index contributed by atoms with van der Waals surface area (Å²) < 4.78 is 15.2. The molecular formula is C23H23FN4O3. The van der Waals surface area contributed by atoms with Crippen molar-refractivity contribution in [3.8, 4) is 0 Å². The first-order valence-corrected chi connectivity index (χ1v) is 10.7. The van der Waals surface area contributed by atoms with Crippen LogP contribution in [-0.4, -0.2) is 56.4 Å². The fraction of sp³-hybridized carbons (Fsp3) is 0.391. The van der Waals surface area contributed by atoms with E-state index in [1.54, 1.807) is 30.5 Å². The van der Waals surface area contributed by atoms with Gasteiger partial charge in [-0.15, -0.1) is 0 Å². The monoisotopic (exact) mass is 422 g/mol. The lowest BCUT2D eigenvalue weighted by Crippen LogP contribution is -2.43. The number of carbonyl (C=O) groups is 3. The Kier molecular flexibility index (Phi) is 4.92. The Labute approximate surface area is 179 Å². The average Bonchev–Trinajstić information content (AvgIpc) is 3.50. The second-order valence-corrected chi connectivity index (χ2v) is 8.38. The highest BCUT2D eigenvalue weighted by Gasteiger charge is 2.36. The lowest BCUT2D eigenvalue weighted by Gasteiger charge is -2.31. The second kappa shape index (κ2) is 7.76. The number of carbonyl (C=O) groups excluding carboxylic acids is 3. The van der Waals surface area contributed by atoms with Gasteiger partial charge in [-0.25, -0.2) is 4.39 Å². The minimum Gasteiger partial charge on any atom is -0.335 e. The van der Waals surface area contributed by atoms with Crippen LogP contribution >= 0.6 is 0 Å². The first kappa shape index (κ1) is 19.7. The zero-order valence-electron chi connectivity index (χ0n) is 17.1. The predicted molar refractivity (Wildman–Crippen MR) is 110 cm³/mol. The Morgan fingerprint density at radius 3 is 2.32 bits per heavy atom. The van der Waals surface area contributed by atoms with Crippen molar-refractivity contribution in [3.63, 3.8) is 0 Å². The van der Waals surface area contributed by atoms with Gasteiger partial charge in [0, 0.05) is 25.2 Å². The van der Waals surface area contributed by atoms with Crippen molar-refractivity contribution < 1.29 is 18.8 Å². The molecule has 0 bridgehead atoms. The Hall–Kier alpha value is -3.29. The second-order valence-electron chi connectivity index (χ2n) is 8.38.